The van der Waals surface area contributed by atoms with Crippen LogP contribution in [-0.2, 0) is 4.79 Å². The van der Waals surface area contributed by atoms with Crippen molar-refractivity contribution in [3.8, 4) is 11.8 Å². The summed E-state index contributed by atoms with van der Waals surface area (Å²) in [6.07, 6.45) is 2.55. The molecule has 110 valence electrons. The van der Waals surface area contributed by atoms with Gasteiger partial charge in [0.25, 0.3) is 0 Å². The van der Waals surface area contributed by atoms with E-state index in [1.165, 1.54) is 0 Å². The zero-order valence-corrected chi connectivity index (χ0v) is 12.7. The number of rotatable bonds is 3. The molecule has 0 saturated heterocycles. The number of benzene rings is 1. The van der Waals surface area contributed by atoms with Crippen LogP contribution in [0.2, 0.25) is 5.02 Å². The lowest BCUT2D eigenvalue weighted by atomic mass is 10.1. The predicted molar refractivity (Wildman–Crippen MR) is 86.4 cm³/mol. The molecule has 1 heterocycles. The standard InChI is InChI=1S/C18H15ClN2O/c19-17-9-2-1-8-14(17)15-12-16(15)18(22)21-11-5-7-13-6-3-4-10-20-13/h1-4,6,8-10,15-16H,11-12H2,(H,21,22)/t15-,16-/m0/s1. The summed E-state index contributed by atoms with van der Waals surface area (Å²) in [5, 5.41) is 3.58. The summed E-state index contributed by atoms with van der Waals surface area (Å²) in [5.74, 6) is 6.11. The third-order valence-corrected chi connectivity index (χ3v) is 4.01. The molecule has 1 amide bonds. The normalized spacial score (nSPS) is 19.0. The molecule has 0 radical (unpaired) electrons. The first-order chi connectivity index (χ1) is 10.8. The van der Waals surface area contributed by atoms with Crippen LogP contribution in [0.1, 0.15) is 23.6 Å². The van der Waals surface area contributed by atoms with Crippen LogP contribution in [0.25, 0.3) is 0 Å². The van der Waals surface area contributed by atoms with Crippen molar-refractivity contribution < 1.29 is 4.79 Å². The number of pyridine rings is 1. The van der Waals surface area contributed by atoms with E-state index in [0.717, 1.165) is 17.0 Å². The summed E-state index contributed by atoms with van der Waals surface area (Å²) in [6.45, 7) is 0.334. The number of carbonyl (C=O) groups excluding carboxylic acids is 1. The highest BCUT2D eigenvalue weighted by Gasteiger charge is 2.44. The Labute approximate surface area is 134 Å². The summed E-state index contributed by atoms with van der Waals surface area (Å²) in [6, 6.07) is 13.3. The van der Waals surface area contributed by atoms with E-state index in [1.807, 2.05) is 42.5 Å². The molecule has 2 atom stereocenters. The van der Waals surface area contributed by atoms with Gasteiger partial charge < -0.3 is 5.32 Å². The van der Waals surface area contributed by atoms with Gasteiger partial charge >= 0.3 is 0 Å². The van der Waals surface area contributed by atoms with E-state index >= 15 is 0 Å². The van der Waals surface area contributed by atoms with Crippen LogP contribution in [0.4, 0.5) is 0 Å². The van der Waals surface area contributed by atoms with E-state index < -0.39 is 0 Å². The summed E-state index contributed by atoms with van der Waals surface area (Å²) in [7, 11) is 0. The third kappa shape index (κ3) is 3.47. The third-order valence-electron chi connectivity index (χ3n) is 3.66. The van der Waals surface area contributed by atoms with Gasteiger partial charge in [0.05, 0.1) is 6.54 Å². The zero-order chi connectivity index (χ0) is 15.4. The molecule has 0 unspecified atom stereocenters. The van der Waals surface area contributed by atoms with Gasteiger partial charge in [-0.05, 0) is 42.0 Å². The highest BCUT2D eigenvalue weighted by atomic mass is 35.5. The number of halogens is 1. The van der Waals surface area contributed by atoms with E-state index in [-0.39, 0.29) is 17.7 Å². The number of hydrogen-bond donors (Lipinski definition) is 1. The van der Waals surface area contributed by atoms with Crippen LogP contribution in [0.5, 0.6) is 0 Å². The van der Waals surface area contributed by atoms with Gasteiger partial charge in [-0.25, -0.2) is 4.98 Å². The number of nitrogens with zero attached hydrogens (tertiary/aromatic N) is 1. The molecule has 1 N–H and O–H groups in total. The fourth-order valence-corrected chi connectivity index (χ4v) is 2.71. The fraction of sp³-hybridized carbons (Fsp3) is 0.222. The van der Waals surface area contributed by atoms with Crippen molar-refractivity contribution in [1.29, 1.82) is 0 Å². The lowest BCUT2D eigenvalue weighted by molar-refractivity contribution is -0.122. The Kier molecular flexibility index (Phi) is 4.41. The van der Waals surface area contributed by atoms with Crippen LogP contribution in [-0.4, -0.2) is 17.4 Å². The monoisotopic (exact) mass is 310 g/mol. The zero-order valence-electron chi connectivity index (χ0n) is 11.9. The lowest BCUT2D eigenvalue weighted by Gasteiger charge is -2.03. The molecule has 3 rings (SSSR count). The van der Waals surface area contributed by atoms with Crippen LogP contribution in [0.15, 0.2) is 48.7 Å². The molecule has 1 aromatic carbocycles. The maximum Gasteiger partial charge on any atom is 0.224 e. The lowest BCUT2D eigenvalue weighted by Crippen LogP contribution is -2.25. The van der Waals surface area contributed by atoms with Crippen LogP contribution < -0.4 is 5.32 Å². The van der Waals surface area contributed by atoms with E-state index in [4.69, 9.17) is 11.6 Å². The summed E-state index contributed by atoms with van der Waals surface area (Å²) in [4.78, 5) is 16.2. The van der Waals surface area contributed by atoms with Gasteiger partial charge in [-0.3, -0.25) is 4.79 Å². The molecule has 1 aromatic heterocycles. The number of amides is 1. The molecule has 4 heteroatoms. The van der Waals surface area contributed by atoms with Gasteiger partial charge in [-0.2, -0.15) is 0 Å². The second-order valence-electron chi connectivity index (χ2n) is 5.20. The molecular weight excluding hydrogens is 296 g/mol. The van der Waals surface area contributed by atoms with Gasteiger partial charge in [0.15, 0.2) is 0 Å². The second kappa shape index (κ2) is 6.64. The van der Waals surface area contributed by atoms with Crippen LogP contribution in [0.3, 0.4) is 0 Å². The van der Waals surface area contributed by atoms with Crippen molar-refractivity contribution in [3.05, 3.63) is 64.9 Å². The number of nitrogens with one attached hydrogen (secondary N) is 1. The van der Waals surface area contributed by atoms with Gasteiger partial charge in [-0.15, -0.1) is 0 Å². The Hall–Kier alpha value is -2.31. The fourth-order valence-electron chi connectivity index (χ4n) is 2.44. The van der Waals surface area contributed by atoms with Gasteiger partial charge in [0.1, 0.15) is 5.69 Å². The molecule has 1 aliphatic carbocycles. The Morgan fingerprint density at radius 2 is 2.09 bits per heavy atom. The van der Waals surface area contributed by atoms with E-state index in [2.05, 4.69) is 22.1 Å². The summed E-state index contributed by atoms with van der Waals surface area (Å²) in [5.41, 5.74) is 1.76. The van der Waals surface area contributed by atoms with E-state index in [9.17, 15) is 4.79 Å². The average molecular weight is 311 g/mol. The maximum atomic E-state index is 12.1. The van der Waals surface area contributed by atoms with Crippen LogP contribution >= 0.6 is 11.6 Å². The minimum Gasteiger partial charge on any atom is -0.345 e. The van der Waals surface area contributed by atoms with E-state index in [0.29, 0.717) is 12.2 Å². The van der Waals surface area contributed by atoms with Gasteiger partial charge in [0, 0.05) is 17.1 Å². The number of carbonyl (C=O) groups is 1. The first-order valence-corrected chi connectivity index (χ1v) is 7.55. The van der Waals surface area contributed by atoms with Crippen molar-refractivity contribution in [3.63, 3.8) is 0 Å². The van der Waals surface area contributed by atoms with Crippen LogP contribution in [0, 0.1) is 17.8 Å². The van der Waals surface area contributed by atoms with Crippen molar-refractivity contribution in [2.24, 2.45) is 5.92 Å². The molecule has 1 fully saturated rings. The molecule has 0 bridgehead atoms. The molecule has 3 nitrogen and oxygen atoms in total. The Morgan fingerprint density at radius 3 is 2.86 bits per heavy atom. The topological polar surface area (TPSA) is 42.0 Å². The quantitative estimate of drug-likeness (QED) is 0.886. The molecule has 22 heavy (non-hydrogen) atoms. The number of aromatic nitrogens is 1. The highest BCUT2D eigenvalue weighted by molar-refractivity contribution is 6.31. The Bertz CT molecular complexity index is 733. The Morgan fingerprint density at radius 1 is 1.27 bits per heavy atom. The molecule has 2 aromatic rings. The average Bonchev–Trinajstić information content (AvgIpc) is 3.33. The highest BCUT2D eigenvalue weighted by Crippen LogP contribution is 2.49. The summed E-state index contributed by atoms with van der Waals surface area (Å²) < 4.78 is 0. The van der Waals surface area contributed by atoms with Crippen molar-refractivity contribution in [2.45, 2.75) is 12.3 Å². The minimum atomic E-state index is 0.0107. The molecule has 1 aliphatic rings. The second-order valence-corrected chi connectivity index (χ2v) is 5.61. The first-order valence-electron chi connectivity index (χ1n) is 7.18. The van der Waals surface area contributed by atoms with Gasteiger partial charge in [0.2, 0.25) is 5.91 Å². The molecule has 0 spiro atoms. The summed E-state index contributed by atoms with van der Waals surface area (Å²) >= 11 is 6.16. The van der Waals surface area contributed by atoms with E-state index in [1.54, 1.807) is 6.20 Å². The molecular formula is C18H15ClN2O. The number of hydrogen-bond acceptors (Lipinski definition) is 2. The van der Waals surface area contributed by atoms with Crippen molar-refractivity contribution in [2.75, 3.05) is 6.54 Å². The van der Waals surface area contributed by atoms with Crippen molar-refractivity contribution >= 4 is 17.5 Å². The minimum absolute atomic E-state index is 0.0107. The molecule has 0 aliphatic heterocycles. The first kappa shape index (κ1) is 14.6. The molecule has 1 saturated carbocycles. The largest absolute Gasteiger partial charge is 0.345 e. The Balaban J connectivity index is 1.50. The maximum absolute atomic E-state index is 12.1. The van der Waals surface area contributed by atoms with Crippen molar-refractivity contribution in [1.82, 2.24) is 10.3 Å². The predicted octanol–water partition coefficient (Wildman–Crippen LogP) is 3.01. The van der Waals surface area contributed by atoms with Gasteiger partial charge in [-0.1, -0.05) is 41.8 Å². The smallest absolute Gasteiger partial charge is 0.224 e. The SMILES string of the molecule is O=C(NCC#Cc1ccccn1)[C@H]1C[C@H]1c1ccccc1Cl.